The van der Waals surface area contributed by atoms with Crippen molar-refractivity contribution >= 4 is 34.2 Å². The van der Waals surface area contributed by atoms with Crippen LogP contribution in [0.5, 0.6) is 5.75 Å². The van der Waals surface area contributed by atoms with Gasteiger partial charge in [-0.1, -0.05) is 11.6 Å². The highest BCUT2D eigenvalue weighted by atomic mass is 35.5. The standard InChI is InChI=1S/C22H25ClN4O2/c1-14(2)26-8-9-27-20-7-4-16(11-19(20)25-21(27)12-26)24-22(28)13-29-17-5-6-18(23)15(3)10-17/h4-7,10-11,14H,8-9,12-13H2,1-3H3,(H,24,28). The van der Waals surface area contributed by atoms with Crippen LogP contribution in [0.3, 0.4) is 0 Å². The largest absolute Gasteiger partial charge is 0.484 e. The molecule has 1 aromatic heterocycles. The number of aromatic nitrogens is 2. The molecule has 1 N–H and O–H groups in total. The van der Waals surface area contributed by atoms with Crippen molar-refractivity contribution in [2.24, 2.45) is 0 Å². The van der Waals surface area contributed by atoms with Crippen LogP contribution in [-0.4, -0.2) is 39.6 Å². The molecule has 3 aromatic rings. The van der Waals surface area contributed by atoms with Crippen LogP contribution in [0, 0.1) is 6.92 Å². The van der Waals surface area contributed by atoms with Gasteiger partial charge in [0.15, 0.2) is 6.61 Å². The van der Waals surface area contributed by atoms with E-state index in [1.54, 1.807) is 12.1 Å². The van der Waals surface area contributed by atoms with E-state index in [2.05, 4.69) is 28.6 Å². The Balaban J connectivity index is 1.43. The molecule has 0 spiro atoms. The van der Waals surface area contributed by atoms with Gasteiger partial charge in [0.2, 0.25) is 0 Å². The Kier molecular flexibility index (Phi) is 5.48. The molecule has 0 atom stereocenters. The monoisotopic (exact) mass is 412 g/mol. The number of halogens is 1. The molecule has 1 amide bonds. The fourth-order valence-corrected chi connectivity index (χ4v) is 3.73. The molecule has 7 heteroatoms. The Bertz CT molecular complexity index is 1060. The number of hydrogen-bond acceptors (Lipinski definition) is 4. The minimum atomic E-state index is -0.216. The van der Waals surface area contributed by atoms with Crippen LogP contribution in [-0.2, 0) is 17.9 Å². The number of imidazole rings is 1. The van der Waals surface area contributed by atoms with Crippen LogP contribution in [0.1, 0.15) is 25.2 Å². The van der Waals surface area contributed by atoms with E-state index in [1.165, 1.54) is 0 Å². The topological polar surface area (TPSA) is 59.4 Å². The average Bonchev–Trinajstić information content (AvgIpc) is 3.05. The zero-order valence-electron chi connectivity index (χ0n) is 16.9. The fraction of sp³-hybridized carbons (Fsp3) is 0.364. The van der Waals surface area contributed by atoms with Crippen LogP contribution < -0.4 is 10.1 Å². The van der Waals surface area contributed by atoms with Crippen molar-refractivity contribution in [3.05, 3.63) is 52.8 Å². The van der Waals surface area contributed by atoms with Gasteiger partial charge in [-0.2, -0.15) is 0 Å². The summed E-state index contributed by atoms with van der Waals surface area (Å²) >= 11 is 6.01. The predicted molar refractivity (Wildman–Crippen MR) is 116 cm³/mol. The number of ether oxygens (including phenoxy) is 1. The minimum Gasteiger partial charge on any atom is -0.484 e. The first-order chi connectivity index (χ1) is 13.9. The van der Waals surface area contributed by atoms with E-state index in [4.69, 9.17) is 21.3 Å². The molecule has 0 unspecified atom stereocenters. The summed E-state index contributed by atoms with van der Waals surface area (Å²) in [5, 5.41) is 3.56. The van der Waals surface area contributed by atoms with E-state index < -0.39 is 0 Å². The third-order valence-electron chi connectivity index (χ3n) is 5.30. The molecule has 2 heterocycles. The van der Waals surface area contributed by atoms with Crippen LogP contribution in [0.4, 0.5) is 5.69 Å². The number of rotatable bonds is 5. The number of hydrogen-bond donors (Lipinski definition) is 1. The summed E-state index contributed by atoms with van der Waals surface area (Å²) in [4.78, 5) is 19.5. The van der Waals surface area contributed by atoms with Gasteiger partial charge in [0.1, 0.15) is 11.6 Å². The van der Waals surface area contributed by atoms with Crippen molar-refractivity contribution < 1.29 is 9.53 Å². The molecular weight excluding hydrogens is 388 g/mol. The van der Waals surface area contributed by atoms with Gasteiger partial charge in [0, 0.05) is 29.8 Å². The Hall–Kier alpha value is -2.57. The van der Waals surface area contributed by atoms with Gasteiger partial charge in [-0.25, -0.2) is 4.98 Å². The first-order valence-corrected chi connectivity index (χ1v) is 10.2. The summed E-state index contributed by atoms with van der Waals surface area (Å²) in [7, 11) is 0. The highest BCUT2D eigenvalue weighted by molar-refractivity contribution is 6.31. The second-order valence-corrected chi connectivity index (χ2v) is 8.10. The normalized spacial score (nSPS) is 14.2. The van der Waals surface area contributed by atoms with Crippen molar-refractivity contribution in [3.63, 3.8) is 0 Å². The van der Waals surface area contributed by atoms with Crippen molar-refractivity contribution in [1.82, 2.24) is 14.5 Å². The molecule has 29 heavy (non-hydrogen) atoms. The number of nitrogens with zero attached hydrogens (tertiary/aromatic N) is 3. The summed E-state index contributed by atoms with van der Waals surface area (Å²) in [5.74, 6) is 1.48. The van der Waals surface area contributed by atoms with Gasteiger partial charge in [0.05, 0.1) is 17.6 Å². The number of fused-ring (bicyclic) bond motifs is 3. The predicted octanol–water partition coefficient (Wildman–Crippen LogP) is 4.24. The second kappa shape index (κ2) is 8.05. The van der Waals surface area contributed by atoms with Crippen LogP contribution in [0.25, 0.3) is 11.0 Å². The maximum Gasteiger partial charge on any atom is 0.262 e. The second-order valence-electron chi connectivity index (χ2n) is 7.70. The Morgan fingerprint density at radius 2 is 2.07 bits per heavy atom. The third kappa shape index (κ3) is 4.23. The quantitative estimate of drug-likeness (QED) is 0.681. The van der Waals surface area contributed by atoms with E-state index in [0.717, 1.165) is 47.7 Å². The smallest absolute Gasteiger partial charge is 0.262 e. The Morgan fingerprint density at radius 3 is 2.83 bits per heavy atom. The minimum absolute atomic E-state index is 0.0673. The molecule has 1 aliphatic heterocycles. The van der Waals surface area contributed by atoms with Gasteiger partial charge in [-0.05, 0) is 62.7 Å². The molecule has 0 saturated carbocycles. The molecule has 0 saturated heterocycles. The van der Waals surface area contributed by atoms with E-state index in [-0.39, 0.29) is 12.5 Å². The third-order valence-corrected chi connectivity index (χ3v) is 5.72. The number of nitrogens with one attached hydrogen (secondary N) is 1. The maximum atomic E-state index is 12.3. The summed E-state index contributed by atoms with van der Waals surface area (Å²) in [6, 6.07) is 11.7. The SMILES string of the molecule is Cc1cc(OCC(=O)Nc2ccc3c(c2)nc2n3CCN(C(C)C)C2)ccc1Cl. The van der Waals surface area contributed by atoms with Crippen LogP contribution in [0.15, 0.2) is 36.4 Å². The molecule has 0 aliphatic carbocycles. The lowest BCUT2D eigenvalue weighted by molar-refractivity contribution is -0.118. The van der Waals surface area contributed by atoms with Gasteiger partial charge < -0.3 is 14.6 Å². The van der Waals surface area contributed by atoms with Crippen molar-refractivity contribution in [3.8, 4) is 5.75 Å². The number of amides is 1. The molecule has 2 aromatic carbocycles. The Labute approximate surface area is 175 Å². The van der Waals surface area contributed by atoms with Gasteiger partial charge in [-0.15, -0.1) is 0 Å². The molecule has 4 rings (SSSR count). The molecule has 0 bridgehead atoms. The number of anilines is 1. The molecule has 0 fully saturated rings. The molecule has 0 radical (unpaired) electrons. The highest BCUT2D eigenvalue weighted by Gasteiger charge is 2.21. The molecule has 6 nitrogen and oxygen atoms in total. The van der Waals surface area contributed by atoms with Crippen LogP contribution in [0.2, 0.25) is 5.02 Å². The van der Waals surface area contributed by atoms with E-state index in [1.807, 2.05) is 31.2 Å². The van der Waals surface area contributed by atoms with Gasteiger partial charge in [0.25, 0.3) is 5.91 Å². The number of benzene rings is 2. The average molecular weight is 413 g/mol. The molecular formula is C22H25ClN4O2. The lowest BCUT2D eigenvalue weighted by Gasteiger charge is -2.30. The summed E-state index contributed by atoms with van der Waals surface area (Å²) in [6.45, 7) is 9.05. The zero-order chi connectivity index (χ0) is 20.5. The number of carbonyl (C=O) groups excluding carboxylic acids is 1. The summed E-state index contributed by atoms with van der Waals surface area (Å²) in [5.41, 5.74) is 3.64. The molecule has 1 aliphatic rings. The zero-order valence-corrected chi connectivity index (χ0v) is 17.7. The van der Waals surface area contributed by atoms with Crippen molar-refractivity contribution in [2.45, 2.75) is 39.9 Å². The van der Waals surface area contributed by atoms with E-state index in [0.29, 0.717) is 16.8 Å². The van der Waals surface area contributed by atoms with E-state index >= 15 is 0 Å². The first kappa shape index (κ1) is 19.7. The van der Waals surface area contributed by atoms with Gasteiger partial charge >= 0.3 is 0 Å². The lowest BCUT2D eigenvalue weighted by Crippen LogP contribution is -2.38. The lowest BCUT2D eigenvalue weighted by atomic mass is 10.2. The number of carbonyl (C=O) groups is 1. The van der Waals surface area contributed by atoms with Crippen LogP contribution >= 0.6 is 11.6 Å². The van der Waals surface area contributed by atoms with Gasteiger partial charge in [-0.3, -0.25) is 9.69 Å². The van der Waals surface area contributed by atoms with Crippen molar-refractivity contribution in [2.75, 3.05) is 18.5 Å². The van der Waals surface area contributed by atoms with E-state index in [9.17, 15) is 4.79 Å². The number of aryl methyl sites for hydroxylation is 1. The maximum absolute atomic E-state index is 12.3. The Morgan fingerprint density at radius 1 is 1.24 bits per heavy atom. The fourth-order valence-electron chi connectivity index (χ4n) is 3.61. The first-order valence-electron chi connectivity index (χ1n) is 9.83. The summed E-state index contributed by atoms with van der Waals surface area (Å²) in [6.07, 6.45) is 0. The van der Waals surface area contributed by atoms with Crippen molar-refractivity contribution in [1.29, 1.82) is 0 Å². The highest BCUT2D eigenvalue weighted by Crippen LogP contribution is 2.25. The molecule has 152 valence electrons. The summed E-state index contributed by atoms with van der Waals surface area (Å²) < 4.78 is 7.84.